The van der Waals surface area contributed by atoms with Crippen LogP contribution in [-0.2, 0) is 11.3 Å². The third-order valence-corrected chi connectivity index (χ3v) is 2.92. The van der Waals surface area contributed by atoms with Gasteiger partial charge < -0.3 is 10.1 Å². The van der Waals surface area contributed by atoms with Crippen molar-refractivity contribution in [1.29, 1.82) is 0 Å². The number of nitrogens with zero attached hydrogens (tertiary/aromatic N) is 1. The molecule has 2 N–H and O–H groups in total. The van der Waals surface area contributed by atoms with Crippen LogP contribution >= 0.6 is 0 Å². The van der Waals surface area contributed by atoms with E-state index in [9.17, 15) is 4.79 Å². The van der Waals surface area contributed by atoms with Crippen LogP contribution in [0.1, 0.15) is 18.4 Å². The standard InChI is InChI=1S/C11H16N2O2/c14-11(15)10-2-1-5-13(8-10)7-9-3-4-12-6-9/h3-4,6,10,12H,1-2,5,7-8H2,(H,14,15). The highest BCUT2D eigenvalue weighted by Gasteiger charge is 2.25. The summed E-state index contributed by atoms with van der Waals surface area (Å²) in [6.45, 7) is 2.54. The number of nitrogens with one attached hydrogen (secondary N) is 1. The molecule has 1 aliphatic rings. The smallest absolute Gasteiger partial charge is 0.307 e. The average Bonchev–Trinajstić information content (AvgIpc) is 2.71. The lowest BCUT2D eigenvalue weighted by molar-refractivity contribution is -0.143. The second-order valence-corrected chi connectivity index (χ2v) is 4.13. The van der Waals surface area contributed by atoms with Crippen molar-refractivity contribution in [3.05, 3.63) is 24.0 Å². The minimum atomic E-state index is -0.659. The molecule has 4 nitrogen and oxygen atoms in total. The first kappa shape index (κ1) is 10.2. The quantitative estimate of drug-likeness (QED) is 0.787. The Morgan fingerprint density at radius 2 is 2.53 bits per heavy atom. The number of hydrogen-bond acceptors (Lipinski definition) is 2. The van der Waals surface area contributed by atoms with E-state index >= 15 is 0 Å². The van der Waals surface area contributed by atoms with E-state index in [2.05, 4.69) is 9.88 Å². The van der Waals surface area contributed by atoms with Gasteiger partial charge in [-0.25, -0.2) is 0 Å². The normalized spacial score (nSPS) is 22.8. The lowest BCUT2D eigenvalue weighted by Crippen LogP contribution is -2.38. The van der Waals surface area contributed by atoms with Crippen molar-refractivity contribution >= 4 is 5.97 Å². The predicted molar refractivity (Wildman–Crippen MR) is 56.4 cm³/mol. The fourth-order valence-electron chi connectivity index (χ4n) is 2.12. The summed E-state index contributed by atoms with van der Waals surface area (Å²) in [6, 6.07) is 2.03. The number of likely N-dealkylation sites (tertiary alicyclic amines) is 1. The van der Waals surface area contributed by atoms with Crippen LogP contribution in [0.25, 0.3) is 0 Å². The molecule has 1 atom stereocenters. The first-order valence-electron chi connectivity index (χ1n) is 5.32. The van der Waals surface area contributed by atoms with Crippen molar-refractivity contribution in [3.63, 3.8) is 0 Å². The Kier molecular flexibility index (Phi) is 3.06. The van der Waals surface area contributed by atoms with Crippen molar-refractivity contribution in [2.45, 2.75) is 19.4 Å². The molecule has 0 aliphatic carbocycles. The third-order valence-electron chi connectivity index (χ3n) is 2.92. The predicted octanol–water partition coefficient (Wildman–Crippen LogP) is 1.31. The first-order valence-corrected chi connectivity index (χ1v) is 5.32. The summed E-state index contributed by atoms with van der Waals surface area (Å²) in [5.41, 5.74) is 1.22. The average molecular weight is 208 g/mol. The maximum absolute atomic E-state index is 10.9. The molecule has 1 aromatic rings. The number of carbonyl (C=O) groups is 1. The molecule has 1 unspecified atom stereocenters. The fourth-order valence-corrected chi connectivity index (χ4v) is 2.12. The Labute approximate surface area is 88.9 Å². The Morgan fingerprint density at radius 1 is 1.67 bits per heavy atom. The zero-order valence-electron chi connectivity index (χ0n) is 8.65. The van der Waals surface area contributed by atoms with Crippen LogP contribution in [0.5, 0.6) is 0 Å². The van der Waals surface area contributed by atoms with E-state index in [1.54, 1.807) is 0 Å². The van der Waals surface area contributed by atoms with E-state index in [1.807, 2.05) is 18.5 Å². The van der Waals surface area contributed by atoms with Gasteiger partial charge in [0.25, 0.3) is 0 Å². The van der Waals surface area contributed by atoms with Gasteiger partial charge in [-0.3, -0.25) is 9.69 Å². The van der Waals surface area contributed by atoms with Gasteiger partial charge in [-0.1, -0.05) is 0 Å². The molecule has 15 heavy (non-hydrogen) atoms. The fraction of sp³-hybridized carbons (Fsp3) is 0.545. The van der Waals surface area contributed by atoms with E-state index in [0.717, 1.165) is 25.9 Å². The van der Waals surface area contributed by atoms with Crippen molar-refractivity contribution < 1.29 is 9.90 Å². The largest absolute Gasteiger partial charge is 0.481 e. The molecule has 1 aromatic heterocycles. The SMILES string of the molecule is O=C(O)C1CCCN(Cc2cc[nH]c2)C1. The van der Waals surface area contributed by atoms with E-state index in [-0.39, 0.29) is 5.92 Å². The summed E-state index contributed by atoms with van der Waals surface area (Å²) in [5.74, 6) is -0.841. The Morgan fingerprint density at radius 3 is 3.20 bits per heavy atom. The molecular formula is C11H16N2O2. The van der Waals surface area contributed by atoms with Crippen LogP contribution in [0.2, 0.25) is 0 Å². The summed E-state index contributed by atoms with van der Waals surface area (Å²) in [4.78, 5) is 16.1. The van der Waals surface area contributed by atoms with Gasteiger partial charge in [0.05, 0.1) is 5.92 Å². The van der Waals surface area contributed by atoms with Gasteiger partial charge >= 0.3 is 5.97 Å². The van der Waals surface area contributed by atoms with Crippen molar-refractivity contribution in [2.75, 3.05) is 13.1 Å². The molecule has 82 valence electrons. The van der Waals surface area contributed by atoms with Gasteiger partial charge in [0.2, 0.25) is 0 Å². The number of H-pyrrole nitrogens is 1. The van der Waals surface area contributed by atoms with E-state index in [1.165, 1.54) is 5.56 Å². The van der Waals surface area contributed by atoms with Crippen molar-refractivity contribution in [1.82, 2.24) is 9.88 Å². The van der Waals surface area contributed by atoms with E-state index < -0.39 is 5.97 Å². The molecule has 0 aromatic carbocycles. The number of hydrogen-bond donors (Lipinski definition) is 2. The summed E-state index contributed by atoms with van der Waals surface area (Å²) >= 11 is 0. The molecule has 0 saturated carbocycles. The van der Waals surface area contributed by atoms with E-state index in [4.69, 9.17) is 5.11 Å². The van der Waals surface area contributed by atoms with Gasteiger partial charge in [0, 0.05) is 25.5 Å². The molecule has 0 radical (unpaired) electrons. The van der Waals surface area contributed by atoms with Crippen LogP contribution in [0.3, 0.4) is 0 Å². The lowest BCUT2D eigenvalue weighted by atomic mass is 9.98. The Hall–Kier alpha value is -1.29. The zero-order valence-corrected chi connectivity index (χ0v) is 8.65. The highest BCUT2D eigenvalue weighted by molar-refractivity contribution is 5.70. The molecule has 1 fully saturated rings. The monoisotopic (exact) mass is 208 g/mol. The number of carboxylic acids is 1. The number of aromatic amines is 1. The highest BCUT2D eigenvalue weighted by atomic mass is 16.4. The molecule has 1 saturated heterocycles. The van der Waals surface area contributed by atoms with Crippen LogP contribution in [0, 0.1) is 5.92 Å². The second-order valence-electron chi connectivity index (χ2n) is 4.13. The number of carboxylic acid groups (broad SMARTS) is 1. The molecule has 0 amide bonds. The van der Waals surface area contributed by atoms with Crippen molar-refractivity contribution in [3.8, 4) is 0 Å². The summed E-state index contributed by atoms with van der Waals surface area (Å²) in [7, 11) is 0. The first-order chi connectivity index (χ1) is 7.25. The van der Waals surface area contributed by atoms with Crippen molar-refractivity contribution in [2.24, 2.45) is 5.92 Å². The van der Waals surface area contributed by atoms with Gasteiger partial charge in [0.1, 0.15) is 0 Å². The Balaban J connectivity index is 1.90. The molecule has 1 aliphatic heterocycles. The summed E-state index contributed by atoms with van der Waals surface area (Å²) in [5, 5.41) is 8.95. The highest BCUT2D eigenvalue weighted by Crippen LogP contribution is 2.18. The zero-order chi connectivity index (χ0) is 10.7. The number of piperidine rings is 1. The summed E-state index contributed by atoms with van der Waals surface area (Å²) < 4.78 is 0. The van der Waals surface area contributed by atoms with Crippen LogP contribution in [0.4, 0.5) is 0 Å². The Bertz CT molecular complexity index is 321. The minimum Gasteiger partial charge on any atom is -0.481 e. The molecule has 2 rings (SSSR count). The van der Waals surface area contributed by atoms with Gasteiger partial charge in [0.15, 0.2) is 0 Å². The summed E-state index contributed by atoms with van der Waals surface area (Å²) in [6.07, 6.45) is 5.67. The van der Waals surface area contributed by atoms with Gasteiger partial charge in [-0.15, -0.1) is 0 Å². The lowest BCUT2D eigenvalue weighted by Gasteiger charge is -2.30. The van der Waals surface area contributed by atoms with Gasteiger partial charge in [-0.05, 0) is 31.0 Å². The maximum atomic E-state index is 10.9. The minimum absolute atomic E-state index is 0.183. The molecular weight excluding hydrogens is 192 g/mol. The number of rotatable bonds is 3. The second kappa shape index (κ2) is 4.49. The van der Waals surface area contributed by atoms with Crippen LogP contribution < -0.4 is 0 Å². The molecule has 0 spiro atoms. The van der Waals surface area contributed by atoms with Crippen LogP contribution in [0.15, 0.2) is 18.5 Å². The molecule has 0 bridgehead atoms. The molecule has 2 heterocycles. The number of aliphatic carboxylic acids is 1. The van der Waals surface area contributed by atoms with Crippen LogP contribution in [-0.4, -0.2) is 34.0 Å². The topological polar surface area (TPSA) is 56.3 Å². The number of aromatic nitrogens is 1. The van der Waals surface area contributed by atoms with E-state index in [0.29, 0.717) is 6.54 Å². The third kappa shape index (κ3) is 2.59. The molecule has 4 heteroatoms. The maximum Gasteiger partial charge on any atom is 0.307 e. The van der Waals surface area contributed by atoms with Gasteiger partial charge in [-0.2, -0.15) is 0 Å².